The predicted molar refractivity (Wildman–Crippen MR) is 101 cm³/mol. The Kier molecular flexibility index (Phi) is 4.78. The molecule has 1 N–H and O–H groups in total. The Labute approximate surface area is 152 Å². The van der Waals surface area contributed by atoms with E-state index in [-0.39, 0.29) is 16.9 Å². The van der Waals surface area contributed by atoms with Crippen LogP contribution in [0.4, 0.5) is 0 Å². The molecule has 2 aliphatic rings. The fourth-order valence-electron chi connectivity index (χ4n) is 3.59. The number of hydrogen-bond donors (Lipinski definition) is 1. The summed E-state index contributed by atoms with van der Waals surface area (Å²) < 4.78 is 7.51. The molecule has 2 fully saturated rings. The number of pyridine rings is 1. The van der Waals surface area contributed by atoms with Crippen molar-refractivity contribution in [3.63, 3.8) is 0 Å². The number of fused-ring (bicyclic) bond motifs is 1. The summed E-state index contributed by atoms with van der Waals surface area (Å²) in [4.78, 5) is 27.7. The zero-order chi connectivity index (χ0) is 18.1. The Bertz CT molecular complexity index is 880. The SMILES string of the molecule is CCNC(=O)c1cn(C2CC2)c2ccc(CN3CCOCC3)cc2c1=O. The summed E-state index contributed by atoms with van der Waals surface area (Å²) in [5, 5.41) is 3.40. The number of carbonyl (C=O) groups is 1. The van der Waals surface area contributed by atoms with Gasteiger partial charge >= 0.3 is 0 Å². The second kappa shape index (κ2) is 7.21. The van der Waals surface area contributed by atoms with Crippen LogP contribution in [0.5, 0.6) is 0 Å². The summed E-state index contributed by atoms with van der Waals surface area (Å²) >= 11 is 0. The highest BCUT2D eigenvalue weighted by Crippen LogP contribution is 2.37. The van der Waals surface area contributed by atoms with Crippen LogP contribution in [0.15, 0.2) is 29.2 Å². The number of nitrogens with zero attached hydrogens (tertiary/aromatic N) is 2. The van der Waals surface area contributed by atoms with Gasteiger partial charge in [0.15, 0.2) is 0 Å². The van der Waals surface area contributed by atoms with Crippen LogP contribution in [0.25, 0.3) is 10.9 Å². The van der Waals surface area contributed by atoms with Crippen LogP contribution in [-0.2, 0) is 11.3 Å². The zero-order valence-corrected chi connectivity index (χ0v) is 15.2. The first-order valence-corrected chi connectivity index (χ1v) is 9.43. The van der Waals surface area contributed by atoms with Gasteiger partial charge in [-0.15, -0.1) is 0 Å². The fraction of sp³-hybridized carbons (Fsp3) is 0.500. The molecule has 2 aromatic rings. The van der Waals surface area contributed by atoms with Crippen LogP contribution in [0.1, 0.15) is 41.7 Å². The number of carbonyl (C=O) groups excluding carboxylic acids is 1. The number of hydrogen-bond acceptors (Lipinski definition) is 4. The van der Waals surface area contributed by atoms with Gasteiger partial charge in [0.2, 0.25) is 5.43 Å². The standard InChI is InChI=1S/C20H25N3O3/c1-2-21-20(25)17-13-23(15-4-5-15)18-6-3-14(11-16(18)19(17)24)12-22-7-9-26-10-8-22/h3,6,11,13,15H,2,4-5,7-10,12H2,1H3,(H,21,25). The van der Waals surface area contributed by atoms with Gasteiger partial charge in [0.25, 0.3) is 5.91 Å². The summed E-state index contributed by atoms with van der Waals surface area (Å²) in [5.74, 6) is -0.285. The van der Waals surface area contributed by atoms with E-state index in [0.29, 0.717) is 18.0 Å². The van der Waals surface area contributed by atoms with E-state index in [0.717, 1.165) is 56.8 Å². The molecule has 0 spiro atoms. The van der Waals surface area contributed by atoms with Crippen molar-refractivity contribution in [2.24, 2.45) is 0 Å². The summed E-state index contributed by atoms with van der Waals surface area (Å²) in [7, 11) is 0. The average Bonchev–Trinajstić information content (AvgIpc) is 3.48. The third kappa shape index (κ3) is 3.39. The Morgan fingerprint density at radius 3 is 2.73 bits per heavy atom. The summed E-state index contributed by atoms with van der Waals surface area (Å²) in [5.41, 5.74) is 2.10. The maximum Gasteiger partial charge on any atom is 0.256 e. The van der Waals surface area contributed by atoms with Crippen molar-refractivity contribution in [1.29, 1.82) is 0 Å². The van der Waals surface area contributed by atoms with Gasteiger partial charge in [-0.2, -0.15) is 0 Å². The molecule has 138 valence electrons. The zero-order valence-electron chi connectivity index (χ0n) is 15.2. The van der Waals surface area contributed by atoms with E-state index in [4.69, 9.17) is 4.74 Å². The second-order valence-corrected chi connectivity index (χ2v) is 7.11. The molecule has 0 radical (unpaired) electrons. The average molecular weight is 355 g/mol. The smallest absolute Gasteiger partial charge is 0.256 e. The quantitative estimate of drug-likeness (QED) is 0.890. The van der Waals surface area contributed by atoms with Gasteiger partial charge in [0.1, 0.15) is 5.56 Å². The fourth-order valence-corrected chi connectivity index (χ4v) is 3.59. The number of amides is 1. The number of nitrogens with one attached hydrogen (secondary N) is 1. The molecule has 0 atom stereocenters. The number of ether oxygens (including phenoxy) is 1. The minimum atomic E-state index is -0.285. The monoisotopic (exact) mass is 355 g/mol. The van der Waals surface area contributed by atoms with E-state index < -0.39 is 0 Å². The topological polar surface area (TPSA) is 63.6 Å². The molecule has 0 bridgehead atoms. The molecule has 1 aromatic heterocycles. The Hall–Kier alpha value is -2.18. The number of rotatable bonds is 5. The molecule has 1 amide bonds. The molecule has 1 saturated heterocycles. The van der Waals surface area contributed by atoms with Crippen molar-refractivity contribution in [3.8, 4) is 0 Å². The van der Waals surface area contributed by atoms with Gasteiger partial charge in [0, 0.05) is 43.8 Å². The third-order valence-electron chi connectivity index (χ3n) is 5.13. The highest BCUT2D eigenvalue weighted by Gasteiger charge is 2.26. The van der Waals surface area contributed by atoms with E-state index in [1.165, 1.54) is 0 Å². The number of benzene rings is 1. The van der Waals surface area contributed by atoms with Crippen molar-refractivity contribution in [3.05, 3.63) is 45.7 Å². The highest BCUT2D eigenvalue weighted by atomic mass is 16.5. The van der Waals surface area contributed by atoms with Crippen LogP contribution < -0.4 is 10.7 Å². The third-order valence-corrected chi connectivity index (χ3v) is 5.13. The molecule has 6 heteroatoms. The Balaban J connectivity index is 1.75. The van der Waals surface area contributed by atoms with Crippen molar-refractivity contribution in [2.75, 3.05) is 32.8 Å². The molecule has 1 aromatic carbocycles. The van der Waals surface area contributed by atoms with Gasteiger partial charge in [-0.1, -0.05) is 6.07 Å². The molecular formula is C20H25N3O3. The maximum absolute atomic E-state index is 13.0. The minimum absolute atomic E-state index is 0.174. The lowest BCUT2D eigenvalue weighted by atomic mass is 10.1. The lowest BCUT2D eigenvalue weighted by molar-refractivity contribution is 0.0342. The molecule has 4 rings (SSSR count). The Morgan fingerprint density at radius 1 is 1.27 bits per heavy atom. The molecule has 1 aliphatic carbocycles. The maximum atomic E-state index is 13.0. The predicted octanol–water partition coefficient (Wildman–Crippen LogP) is 1.92. The van der Waals surface area contributed by atoms with Crippen LogP contribution >= 0.6 is 0 Å². The van der Waals surface area contributed by atoms with Gasteiger partial charge < -0.3 is 14.6 Å². The lowest BCUT2D eigenvalue weighted by Gasteiger charge is -2.26. The van der Waals surface area contributed by atoms with Crippen molar-refractivity contribution in [2.45, 2.75) is 32.4 Å². The molecular weight excluding hydrogens is 330 g/mol. The van der Waals surface area contributed by atoms with Gasteiger partial charge in [-0.05, 0) is 37.5 Å². The molecule has 2 heterocycles. The first kappa shape index (κ1) is 17.2. The van der Waals surface area contributed by atoms with Gasteiger partial charge in [-0.3, -0.25) is 14.5 Å². The normalized spacial score (nSPS) is 18.2. The largest absolute Gasteiger partial charge is 0.379 e. The van der Waals surface area contributed by atoms with Gasteiger partial charge in [-0.25, -0.2) is 0 Å². The van der Waals surface area contributed by atoms with Crippen LogP contribution in [0.2, 0.25) is 0 Å². The van der Waals surface area contributed by atoms with Crippen LogP contribution in [-0.4, -0.2) is 48.2 Å². The van der Waals surface area contributed by atoms with Crippen molar-refractivity contribution in [1.82, 2.24) is 14.8 Å². The Morgan fingerprint density at radius 2 is 2.04 bits per heavy atom. The molecule has 1 aliphatic heterocycles. The van der Waals surface area contributed by atoms with E-state index in [2.05, 4.69) is 20.9 Å². The molecule has 0 unspecified atom stereocenters. The summed E-state index contributed by atoms with van der Waals surface area (Å²) in [6, 6.07) is 6.50. The van der Waals surface area contributed by atoms with Crippen molar-refractivity contribution >= 4 is 16.8 Å². The lowest BCUT2D eigenvalue weighted by Crippen LogP contribution is -2.35. The van der Waals surface area contributed by atoms with E-state index >= 15 is 0 Å². The van der Waals surface area contributed by atoms with Crippen LogP contribution in [0, 0.1) is 0 Å². The molecule has 26 heavy (non-hydrogen) atoms. The van der Waals surface area contributed by atoms with Crippen molar-refractivity contribution < 1.29 is 9.53 Å². The second-order valence-electron chi connectivity index (χ2n) is 7.11. The van der Waals surface area contributed by atoms with Gasteiger partial charge in [0.05, 0.1) is 18.7 Å². The van der Waals surface area contributed by atoms with E-state index in [9.17, 15) is 9.59 Å². The number of aromatic nitrogens is 1. The van der Waals surface area contributed by atoms with Crippen LogP contribution in [0.3, 0.4) is 0 Å². The molecule has 1 saturated carbocycles. The number of morpholine rings is 1. The molecule has 6 nitrogen and oxygen atoms in total. The minimum Gasteiger partial charge on any atom is -0.379 e. The summed E-state index contributed by atoms with van der Waals surface area (Å²) in [6.45, 7) is 6.49. The highest BCUT2D eigenvalue weighted by molar-refractivity contribution is 5.97. The first-order chi connectivity index (χ1) is 12.7. The van der Waals surface area contributed by atoms with E-state index in [1.54, 1.807) is 6.20 Å². The first-order valence-electron chi connectivity index (χ1n) is 9.43. The summed E-state index contributed by atoms with van der Waals surface area (Å²) in [6.07, 6.45) is 3.94. The van der Waals surface area contributed by atoms with E-state index in [1.807, 2.05) is 19.1 Å².